The lowest BCUT2D eigenvalue weighted by atomic mass is 9.70. The van der Waals surface area contributed by atoms with Crippen molar-refractivity contribution in [2.45, 2.75) is 33.6 Å². The van der Waals surface area contributed by atoms with E-state index < -0.39 is 0 Å². The second kappa shape index (κ2) is 4.22. The number of hydrogen-bond acceptors (Lipinski definition) is 4. The number of hydrogen-bond donors (Lipinski definition) is 0. The summed E-state index contributed by atoms with van der Waals surface area (Å²) in [5, 5.41) is 8.36. The topological polar surface area (TPSA) is 55.7 Å². The van der Waals surface area contributed by atoms with Crippen LogP contribution in [-0.2, 0) is 4.79 Å². The van der Waals surface area contributed by atoms with Gasteiger partial charge in [-0.3, -0.25) is 4.79 Å². The Hall–Kier alpha value is -2.10. The number of allylic oxidation sites excluding steroid dienone is 1. The van der Waals surface area contributed by atoms with E-state index in [0.717, 1.165) is 29.4 Å². The highest BCUT2D eigenvalue weighted by Gasteiger charge is 2.63. The molecule has 0 radical (unpaired) electrons. The van der Waals surface area contributed by atoms with Gasteiger partial charge in [0.25, 0.3) is 0 Å². The quantitative estimate of drug-likeness (QED) is 0.756. The second-order valence-corrected chi connectivity index (χ2v) is 7.23. The minimum atomic E-state index is -0.242. The van der Waals surface area contributed by atoms with Gasteiger partial charge in [-0.2, -0.15) is 0 Å². The highest BCUT2D eigenvalue weighted by Crippen LogP contribution is 2.65. The maximum atomic E-state index is 12.8. The summed E-state index contributed by atoms with van der Waals surface area (Å²) in [6.45, 7) is 6.53. The number of aromatic nitrogens is 3. The van der Waals surface area contributed by atoms with Crippen molar-refractivity contribution in [3.63, 3.8) is 0 Å². The predicted molar refractivity (Wildman–Crippen MR) is 84.9 cm³/mol. The molecule has 2 fully saturated rings. The van der Waals surface area contributed by atoms with Crippen molar-refractivity contribution in [2.24, 2.45) is 16.7 Å². The molecule has 4 heteroatoms. The fraction of sp³-hybridized carbons (Fsp3) is 0.444. The number of ketones is 1. The average Bonchev–Trinajstić information content (AvgIpc) is 2.81. The van der Waals surface area contributed by atoms with Crippen LogP contribution in [0.15, 0.2) is 29.8 Å². The summed E-state index contributed by atoms with van der Waals surface area (Å²) in [5.74, 6) is 1.11. The molecule has 2 atom stereocenters. The largest absolute Gasteiger partial charge is 0.294 e. The van der Waals surface area contributed by atoms with Crippen molar-refractivity contribution in [3.8, 4) is 0 Å². The smallest absolute Gasteiger partial charge is 0.175 e. The van der Waals surface area contributed by atoms with Gasteiger partial charge < -0.3 is 0 Å². The maximum absolute atomic E-state index is 12.8. The normalized spacial score (nSPS) is 31.3. The number of carbonyl (C=O) groups excluding carboxylic acids is 1. The zero-order valence-corrected chi connectivity index (χ0v) is 13.1. The van der Waals surface area contributed by atoms with Crippen LogP contribution in [0.2, 0.25) is 0 Å². The number of Topliss-reactive ketones (excluding diaryl/α,β-unsaturated/α-hetero) is 1. The SMILES string of the molecule is CC1(C)[C@H]2CC[C@]1(C)C(=O)C2=Cc1nnc2ccccc2n1. The van der Waals surface area contributed by atoms with Crippen molar-refractivity contribution < 1.29 is 4.79 Å². The number of fused-ring (bicyclic) bond motifs is 3. The molecule has 22 heavy (non-hydrogen) atoms. The van der Waals surface area contributed by atoms with E-state index in [0.29, 0.717) is 11.7 Å². The van der Waals surface area contributed by atoms with E-state index in [-0.39, 0.29) is 16.6 Å². The van der Waals surface area contributed by atoms with Gasteiger partial charge in [-0.15, -0.1) is 10.2 Å². The molecule has 112 valence electrons. The Bertz CT molecular complexity index is 824. The van der Waals surface area contributed by atoms with Gasteiger partial charge in [0.15, 0.2) is 11.6 Å². The van der Waals surface area contributed by atoms with Gasteiger partial charge in [-0.05, 0) is 42.4 Å². The number of rotatable bonds is 1. The van der Waals surface area contributed by atoms with Crippen molar-refractivity contribution in [2.75, 3.05) is 0 Å². The average molecular weight is 293 g/mol. The summed E-state index contributed by atoms with van der Waals surface area (Å²) in [6, 6.07) is 7.65. The van der Waals surface area contributed by atoms with Crippen molar-refractivity contribution in [3.05, 3.63) is 35.7 Å². The summed E-state index contributed by atoms with van der Waals surface area (Å²) in [4.78, 5) is 17.4. The molecule has 0 spiro atoms. The summed E-state index contributed by atoms with van der Waals surface area (Å²) in [5.41, 5.74) is 2.24. The highest BCUT2D eigenvalue weighted by atomic mass is 16.1. The molecule has 1 aromatic heterocycles. The molecule has 2 aliphatic carbocycles. The fourth-order valence-electron chi connectivity index (χ4n) is 4.19. The van der Waals surface area contributed by atoms with E-state index in [1.807, 2.05) is 30.3 Å². The molecule has 0 saturated heterocycles. The van der Waals surface area contributed by atoms with Crippen LogP contribution >= 0.6 is 0 Å². The molecule has 0 aliphatic heterocycles. The Morgan fingerprint density at radius 3 is 2.55 bits per heavy atom. The van der Waals surface area contributed by atoms with E-state index in [1.54, 1.807) is 0 Å². The van der Waals surface area contributed by atoms with Gasteiger partial charge in [0.1, 0.15) is 5.52 Å². The minimum absolute atomic E-state index is 0.0141. The van der Waals surface area contributed by atoms with Gasteiger partial charge >= 0.3 is 0 Å². The molecule has 2 bridgehead atoms. The van der Waals surface area contributed by atoms with Crippen LogP contribution in [0.5, 0.6) is 0 Å². The van der Waals surface area contributed by atoms with Crippen LogP contribution in [0, 0.1) is 16.7 Å². The lowest BCUT2D eigenvalue weighted by Crippen LogP contribution is -2.32. The third-order valence-corrected chi connectivity index (χ3v) is 6.03. The molecular weight excluding hydrogens is 274 g/mol. The van der Waals surface area contributed by atoms with Crippen LogP contribution in [0.1, 0.15) is 39.4 Å². The molecule has 0 unspecified atom stereocenters. The summed E-state index contributed by atoms with van der Waals surface area (Å²) in [6.07, 6.45) is 3.92. The standard InChI is InChI=1S/C18H19N3O/c1-17(2)12-8-9-18(17,3)16(22)11(12)10-15-19-13-6-4-5-7-14(13)20-21-15/h4-7,10,12H,8-9H2,1-3H3/t12-,18+/m0/s1. The monoisotopic (exact) mass is 293 g/mol. The molecule has 1 heterocycles. The van der Waals surface area contributed by atoms with E-state index in [2.05, 4.69) is 36.0 Å². The van der Waals surface area contributed by atoms with E-state index in [4.69, 9.17) is 0 Å². The van der Waals surface area contributed by atoms with Crippen LogP contribution < -0.4 is 0 Å². The third kappa shape index (κ3) is 1.58. The molecule has 4 nitrogen and oxygen atoms in total. The Labute approximate surface area is 129 Å². The van der Waals surface area contributed by atoms with E-state index >= 15 is 0 Å². The van der Waals surface area contributed by atoms with E-state index in [9.17, 15) is 4.79 Å². The first kappa shape index (κ1) is 13.6. The number of para-hydroxylation sites is 1. The number of benzene rings is 1. The lowest BCUT2D eigenvalue weighted by Gasteiger charge is -2.31. The first-order valence-corrected chi connectivity index (χ1v) is 7.79. The summed E-state index contributed by atoms with van der Waals surface area (Å²) < 4.78 is 0. The summed E-state index contributed by atoms with van der Waals surface area (Å²) in [7, 11) is 0. The van der Waals surface area contributed by atoms with Gasteiger partial charge in [0, 0.05) is 11.0 Å². The number of nitrogens with zero attached hydrogens (tertiary/aromatic N) is 3. The molecule has 1 aromatic carbocycles. The Balaban J connectivity index is 1.81. The van der Waals surface area contributed by atoms with Crippen molar-refractivity contribution in [1.29, 1.82) is 0 Å². The Morgan fingerprint density at radius 2 is 1.86 bits per heavy atom. The molecule has 0 N–H and O–H groups in total. The van der Waals surface area contributed by atoms with Crippen LogP contribution in [0.4, 0.5) is 0 Å². The third-order valence-electron chi connectivity index (χ3n) is 6.03. The Kier molecular flexibility index (Phi) is 2.60. The second-order valence-electron chi connectivity index (χ2n) is 7.23. The zero-order valence-electron chi connectivity index (χ0n) is 13.1. The molecule has 4 rings (SSSR count). The first-order valence-electron chi connectivity index (χ1n) is 7.79. The van der Waals surface area contributed by atoms with Gasteiger partial charge in [-0.1, -0.05) is 32.9 Å². The van der Waals surface area contributed by atoms with Crippen LogP contribution in [0.3, 0.4) is 0 Å². The Morgan fingerprint density at radius 1 is 1.14 bits per heavy atom. The van der Waals surface area contributed by atoms with Gasteiger partial charge in [0.05, 0.1) is 5.52 Å². The summed E-state index contributed by atoms with van der Waals surface area (Å²) >= 11 is 0. The fourth-order valence-corrected chi connectivity index (χ4v) is 4.19. The van der Waals surface area contributed by atoms with Crippen molar-refractivity contribution >= 4 is 22.9 Å². The molecule has 2 aromatic rings. The predicted octanol–water partition coefficient (Wildman–Crippen LogP) is 3.43. The van der Waals surface area contributed by atoms with Crippen LogP contribution in [0.25, 0.3) is 17.1 Å². The zero-order chi connectivity index (χ0) is 15.5. The molecule has 2 aliphatic rings. The van der Waals surface area contributed by atoms with E-state index in [1.165, 1.54) is 0 Å². The first-order chi connectivity index (χ1) is 10.4. The number of carbonyl (C=O) groups is 1. The van der Waals surface area contributed by atoms with Gasteiger partial charge in [-0.25, -0.2) is 4.98 Å². The van der Waals surface area contributed by atoms with Gasteiger partial charge in [0.2, 0.25) is 0 Å². The van der Waals surface area contributed by atoms with Crippen molar-refractivity contribution in [1.82, 2.24) is 15.2 Å². The molecular formula is C18H19N3O. The molecule has 0 amide bonds. The maximum Gasteiger partial charge on any atom is 0.175 e. The minimum Gasteiger partial charge on any atom is -0.294 e. The lowest BCUT2D eigenvalue weighted by molar-refractivity contribution is -0.125. The highest BCUT2D eigenvalue weighted by molar-refractivity contribution is 6.07. The van der Waals surface area contributed by atoms with Crippen LogP contribution in [-0.4, -0.2) is 21.0 Å². The molecule has 2 saturated carbocycles.